The molecule has 1 fully saturated rings. The minimum Gasteiger partial charge on any atom is -0.459 e. The molecule has 0 amide bonds. The Morgan fingerprint density at radius 1 is 1.12 bits per heavy atom. The zero-order valence-corrected chi connectivity index (χ0v) is 18.8. The second-order valence-electron chi connectivity index (χ2n) is 7.95. The molecule has 2 aromatic carbocycles. The number of fused-ring (bicyclic) bond motifs is 1. The van der Waals surface area contributed by atoms with Crippen molar-refractivity contribution in [3.63, 3.8) is 0 Å². The Kier molecular flexibility index (Phi) is 7.34. The number of anilines is 1. The van der Waals surface area contributed by atoms with Gasteiger partial charge in [0, 0.05) is 43.3 Å². The highest BCUT2D eigenvalue weighted by Gasteiger charge is 2.23. The van der Waals surface area contributed by atoms with E-state index in [1.807, 2.05) is 42.2 Å². The van der Waals surface area contributed by atoms with E-state index in [1.54, 1.807) is 0 Å². The normalized spacial score (nSPS) is 15.6. The van der Waals surface area contributed by atoms with E-state index >= 15 is 0 Å². The van der Waals surface area contributed by atoms with E-state index in [-0.39, 0.29) is 11.7 Å². The zero-order chi connectivity index (χ0) is 22.5. The molecule has 3 aromatic rings. The standard InChI is InChI=1S/C24H27F2N3O2S/c1-17(23-13-18-5-2-3-6-22(18)31-23)29(8-4-7-28-9-11-30-12-10-28)24(32)27-21-15-19(25)14-20(26)16-21/h2-3,5-6,13-17H,4,7-12H2,1H3,(H,27,32). The van der Waals surface area contributed by atoms with Crippen molar-refractivity contribution in [2.75, 3.05) is 44.7 Å². The van der Waals surface area contributed by atoms with E-state index in [1.165, 1.54) is 12.1 Å². The van der Waals surface area contributed by atoms with Crippen molar-refractivity contribution in [2.24, 2.45) is 0 Å². The number of morpholine rings is 1. The largest absolute Gasteiger partial charge is 0.459 e. The maximum absolute atomic E-state index is 13.7. The van der Waals surface area contributed by atoms with Crippen LogP contribution in [0.25, 0.3) is 11.0 Å². The summed E-state index contributed by atoms with van der Waals surface area (Å²) in [6.45, 7) is 6.96. The molecule has 0 radical (unpaired) electrons. The first kappa shape index (κ1) is 22.6. The molecule has 0 bridgehead atoms. The van der Waals surface area contributed by atoms with Gasteiger partial charge in [0.1, 0.15) is 23.0 Å². The number of nitrogens with one attached hydrogen (secondary N) is 1. The minimum atomic E-state index is -0.653. The topological polar surface area (TPSA) is 40.9 Å². The van der Waals surface area contributed by atoms with Crippen molar-refractivity contribution in [2.45, 2.75) is 19.4 Å². The summed E-state index contributed by atoms with van der Waals surface area (Å²) in [6, 6.07) is 13.0. The van der Waals surface area contributed by atoms with Crippen LogP contribution in [0.1, 0.15) is 25.1 Å². The lowest BCUT2D eigenvalue weighted by molar-refractivity contribution is 0.0365. The summed E-state index contributed by atoms with van der Waals surface area (Å²) in [4.78, 5) is 4.38. The molecule has 170 valence electrons. The number of thiocarbonyl (C=S) groups is 1. The maximum Gasteiger partial charge on any atom is 0.174 e. The van der Waals surface area contributed by atoms with Gasteiger partial charge in [-0.15, -0.1) is 0 Å². The number of para-hydroxylation sites is 1. The molecular weight excluding hydrogens is 432 g/mol. The number of hydrogen-bond acceptors (Lipinski definition) is 4. The molecule has 5 nitrogen and oxygen atoms in total. The van der Waals surface area contributed by atoms with Gasteiger partial charge in [-0.2, -0.15) is 0 Å². The lowest BCUT2D eigenvalue weighted by Gasteiger charge is -2.32. The molecule has 32 heavy (non-hydrogen) atoms. The quantitative estimate of drug-likeness (QED) is 0.490. The van der Waals surface area contributed by atoms with E-state index in [0.29, 0.717) is 11.7 Å². The van der Waals surface area contributed by atoms with Crippen LogP contribution in [0.2, 0.25) is 0 Å². The van der Waals surface area contributed by atoms with Gasteiger partial charge in [-0.1, -0.05) is 18.2 Å². The Balaban J connectivity index is 1.51. The highest BCUT2D eigenvalue weighted by molar-refractivity contribution is 7.80. The minimum absolute atomic E-state index is 0.162. The second-order valence-corrected chi connectivity index (χ2v) is 8.34. The molecule has 1 N–H and O–H groups in total. The molecule has 2 heterocycles. The SMILES string of the molecule is CC(c1cc2ccccc2o1)N(CCCN1CCOCC1)C(=S)Nc1cc(F)cc(F)c1. The Morgan fingerprint density at radius 2 is 1.84 bits per heavy atom. The Bertz CT molecular complexity index is 1020. The van der Waals surface area contributed by atoms with Gasteiger partial charge in [0.05, 0.1) is 19.3 Å². The first-order valence-electron chi connectivity index (χ1n) is 10.8. The number of rotatable bonds is 7. The summed E-state index contributed by atoms with van der Waals surface area (Å²) in [5, 5.41) is 4.41. The van der Waals surface area contributed by atoms with Crippen molar-refractivity contribution in [1.82, 2.24) is 9.80 Å². The first-order chi connectivity index (χ1) is 15.5. The van der Waals surface area contributed by atoms with Crippen LogP contribution in [0.5, 0.6) is 0 Å². The van der Waals surface area contributed by atoms with Gasteiger partial charge in [-0.05, 0) is 49.8 Å². The monoisotopic (exact) mass is 459 g/mol. The summed E-state index contributed by atoms with van der Waals surface area (Å²) < 4.78 is 38.8. The Morgan fingerprint density at radius 3 is 2.56 bits per heavy atom. The van der Waals surface area contributed by atoms with Gasteiger partial charge in [-0.3, -0.25) is 4.90 Å². The number of benzene rings is 2. The number of hydrogen-bond donors (Lipinski definition) is 1. The van der Waals surface area contributed by atoms with Crippen molar-refractivity contribution in [3.05, 3.63) is 65.9 Å². The highest BCUT2D eigenvalue weighted by Crippen LogP contribution is 2.28. The fourth-order valence-electron chi connectivity index (χ4n) is 3.94. The number of ether oxygens (including phenoxy) is 1. The third-order valence-corrected chi connectivity index (χ3v) is 6.01. The van der Waals surface area contributed by atoms with Crippen molar-refractivity contribution < 1.29 is 17.9 Å². The van der Waals surface area contributed by atoms with Crippen LogP contribution >= 0.6 is 12.2 Å². The summed E-state index contributed by atoms with van der Waals surface area (Å²) in [5.41, 5.74) is 1.09. The summed E-state index contributed by atoms with van der Waals surface area (Å²) >= 11 is 5.67. The van der Waals surface area contributed by atoms with Gasteiger partial charge in [0.25, 0.3) is 0 Å². The van der Waals surface area contributed by atoms with Crippen molar-refractivity contribution in [3.8, 4) is 0 Å². The van der Waals surface area contributed by atoms with Crippen LogP contribution in [-0.4, -0.2) is 54.3 Å². The molecule has 1 saturated heterocycles. The fraction of sp³-hybridized carbons (Fsp3) is 0.375. The molecule has 1 aliphatic rings. The molecule has 1 aromatic heterocycles. The van der Waals surface area contributed by atoms with E-state index in [0.717, 1.165) is 62.1 Å². The van der Waals surface area contributed by atoms with E-state index < -0.39 is 11.6 Å². The number of furan rings is 1. The van der Waals surface area contributed by atoms with Crippen LogP contribution in [0.4, 0.5) is 14.5 Å². The van der Waals surface area contributed by atoms with E-state index in [4.69, 9.17) is 21.4 Å². The van der Waals surface area contributed by atoms with E-state index in [2.05, 4.69) is 10.2 Å². The smallest absolute Gasteiger partial charge is 0.174 e. The van der Waals surface area contributed by atoms with Gasteiger partial charge in [-0.25, -0.2) is 8.78 Å². The average Bonchev–Trinajstić information content (AvgIpc) is 3.20. The molecule has 4 rings (SSSR count). The molecule has 0 saturated carbocycles. The van der Waals surface area contributed by atoms with Crippen molar-refractivity contribution >= 4 is 34.0 Å². The van der Waals surface area contributed by atoms with Gasteiger partial charge >= 0.3 is 0 Å². The maximum atomic E-state index is 13.7. The molecule has 1 unspecified atom stereocenters. The van der Waals surface area contributed by atoms with Gasteiger partial charge < -0.3 is 19.4 Å². The highest BCUT2D eigenvalue weighted by atomic mass is 32.1. The summed E-state index contributed by atoms with van der Waals surface area (Å²) in [6.07, 6.45) is 0.879. The van der Waals surface area contributed by atoms with Crippen LogP contribution in [-0.2, 0) is 4.74 Å². The van der Waals surface area contributed by atoms with Crippen LogP contribution < -0.4 is 5.32 Å². The lowest BCUT2D eigenvalue weighted by atomic mass is 10.2. The predicted molar refractivity (Wildman–Crippen MR) is 126 cm³/mol. The van der Waals surface area contributed by atoms with Gasteiger partial charge in [0.15, 0.2) is 5.11 Å². The third kappa shape index (κ3) is 5.62. The zero-order valence-electron chi connectivity index (χ0n) is 18.0. The van der Waals surface area contributed by atoms with Crippen LogP contribution in [0, 0.1) is 11.6 Å². The predicted octanol–water partition coefficient (Wildman–Crippen LogP) is 5.19. The van der Waals surface area contributed by atoms with E-state index in [9.17, 15) is 8.78 Å². The van der Waals surface area contributed by atoms with Crippen LogP contribution in [0.15, 0.2) is 52.9 Å². The van der Waals surface area contributed by atoms with Gasteiger partial charge in [0.2, 0.25) is 0 Å². The Hall–Kier alpha value is -2.55. The molecule has 1 aliphatic heterocycles. The second kappa shape index (κ2) is 10.4. The molecular formula is C24H27F2N3O2S. The lowest BCUT2D eigenvalue weighted by Crippen LogP contribution is -2.41. The molecule has 8 heteroatoms. The Labute approximate surface area is 191 Å². The third-order valence-electron chi connectivity index (χ3n) is 5.68. The summed E-state index contributed by atoms with van der Waals surface area (Å²) in [7, 11) is 0. The van der Waals surface area contributed by atoms with Crippen molar-refractivity contribution in [1.29, 1.82) is 0 Å². The van der Waals surface area contributed by atoms with Crippen LogP contribution in [0.3, 0.4) is 0 Å². The molecule has 0 aliphatic carbocycles. The number of halogens is 2. The first-order valence-corrected chi connectivity index (χ1v) is 11.2. The summed E-state index contributed by atoms with van der Waals surface area (Å²) in [5.74, 6) is -0.522. The average molecular weight is 460 g/mol. The molecule has 0 spiro atoms. The fourth-order valence-corrected chi connectivity index (χ4v) is 4.31. The number of nitrogens with zero attached hydrogens (tertiary/aromatic N) is 2. The molecule has 1 atom stereocenters.